The highest BCUT2D eigenvalue weighted by Gasteiger charge is 2.17. The van der Waals surface area contributed by atoms with E-state index in [1.807, 2.05) is 0 Å². The molecule has 0 aliphatic heterocycles. The zero-order valence-corrected chi connectivity index (χ0v) is 11.2. The molecule has 0 spiro atoms. The Labute approximate surface area is 123 Å². The number of hydrogen-bond donors (Lipinski definition) is 1. The zero-order chi connectivity index (χ0) is 15.0. The van der Waals surface area contributed by atoms with E-state index in [2.05, 4.69) is 15.5 Å². The van der Waals surface area contributed by atoms with Gasteiger partial charge in [-0.05, 0) is 34.7 Å². The van der Waals surface area contributed by atoms with Crippen LogP contribution in [-0.2, 0) is 0 Å². The molecular weight excluding hydrogens is 300 g/mol. The summed E-state index contributed by atoms with van der Waals surface area (Å²) in [6, 6.07) is 7.92. The smallest absolute Gasteiger partial charge is 0.188 e. The average molecular weight is 308 g/mol. The SMILES string of the molecule is Nc1cccc(-c2nnnn2-c2cc(F)ccc2F)c1Cl. The summed E-state index contributed by atoms with van der Waals surface area (Å²) in [7, 11) is 0. The Morgan fingerprint density at radius 2 is 1.95 bits per heavy atom. The van der Waals surface area contributed by atoms with Gasteiger partial charge in [-0.3, -0.25) is 0 Å². The number of anilines is 1. The van der Waals surface area contributed by atoms with Gasteiger partial charge in [0.1, 0.15) is 17.3 Å². The van der Waals surface area contributed by atoms with Crippen molar-refractivity contribution >= 4 is 17.3 Å². The van der Waals surface area contributed by atoms with E-state index in [1.165, 1.54) is 0 Å². The number of nitrogens with zero attached hydrogens (tertiary/aromatic N) is 4. The third kappa shape index (κ3) is 2.31. The number of aromatic nitrogens is 4. The average Bonchev–Trinajstić information content (AvgIpc) is 2.93. The maximum absolute atomic E-state index is 13.9. The first-order valence-corrected chi connectivity index (χ1v) is 6.24. The second kappa shape index (κ2) is 5.10. The molecule has 0 bridgehead atoms. The van der Waals surface area contributed by atoms with E-state index < -0.39 is 11.6 Å². The van der Waals surface area contributed by atoms with Crippen LogP contribution in [0.1, 0.15) is 0 Å². The fourth-order valence-electron chi connectivity index (χ4n) is 1.89. The van der Waals surface area contributed by atoms with Crippen molar-refractivity contribution < 1.29 is 8.78 Å². The number of hydrogen-bond acceptors (Lipinski definition) is 4. The summed E-state index contributed by atoms with van der Waals surface area (Å²) in [5.74, 6) is -1.10. The van der Waals surface area contributed by atoms with Crippen molar-refractivity contribution in [3.8, 4) is 17.1 Å². The highest BCUT2D eigenvalue weighted by atomic mass is 35.5. The maximum atomic E-state index is 13.9. The van der Waals surface area contributed by atoms with Gasteiger partial charge in [0.05, 0.1) is 10.7 Å². The maximum Gasteiger partial charge on any atom is 0.188 e. The molecule has 106 valence electrons. The largest absolute Gasteiger partial charge is 0.398 e. The van der Waals surface area contributed by atoms with Gasteiger partial charge in [-0.2, -0.15) is 4.68 Å². The van der Waals surface area contributed by atoms with Crippen LogP contribution in [0.15, 0.2) is 36.4 Å². The van der Waals surface area contributed by atoms with Gasteiger partial charge in [-0.15, -0.1) is 5.10 Å². The number of rotatable bonds is 2. The van der Waals surface area contributed by atoms with Crippen molar-refractivity contribution in [3.63, 3.8) is 0 Å². The molecule has 1 heterocycles. The molecule has 1 aromatic heterocycles. The number of benzene rings is 2. The summed E-state index contributed by atoms with van der Waals surface area (Å²) in [4.78, 5) is 0. The molecule has 8 heteroatoms. The molecule has 0 radical (unpaired) electrons. The molecule has 5 nitrogen and oxygen atoms in total. The van der Waals surface area contributed by atoms with Gasteiger partial charge in [-0.1, -0.05) is 17.7 Å². The van der Waals surface area contributed by atoms with Crippen LogP contribution >= 0.6 is 11.6 Å². The molecule has 0 amide bonds. The normalized spacial score (nSPS) is 10.8. The molecule has 0 unspecified atom stereocenters. The van der Waals surface area contributed by atoms with Gasteiger partial charge < -0.3 is 5.73 Å². The van der Waals surface area contributed by atoms with Crippen LogP contribution in [-0.4, -0.2) is 20.2 Å². The Hall–Kier alpha value is -2.54. The van der Waals surface area contributed by atoms with Gasteiger partial charge in [0.15, 0.2) is 5.82 Å². The minimum Gasteiger partial charge on any atom is -0.398 e. The van der Waals surface area contributed by atoms with Crippen LogP contribution in [0.2, 0.25) is 5.02 Å². The molecule has 0 fully saturated rings. The molecule has 0 atom stereocenters. The molecule has 3 rings (SSSR count). The van der Waals surface area contributed by atoms with Crippen LogP contribution < -0.4 is 5.73 Å². The monoisotopic (exact) mass is 307 g/mol. The van der Waals surface area contributed by atoms with Crippen molar-refractivity contribution in [2.45, 2.75) is 0 Å². The van der Waals surface area contributed by atoms with Crippen LogP contribution in [0, 0.1) is 11.6 Å². The third-order valence-electron chi connectivity index (χ3n) is 2.88. The summed E-state index contributed by atoms with van der Waals surface area (Å²) in [5, 5.41) is 11.2. The predicted octanol–water partition coefficient (Wildman–Crippen LogP) is 2.84. The van der Waals surface area contributed by atoms with E-state index in [0.29, 0.717) is 11.3 Å². The fourth-order valence-corrected chi connectivity index (χ4v) is 2.10. The Kier molecular flexibility index (Phi) is 3.26. The highest BCUT2D eigenvalue weighted by Crippen LogP contribution is 2.31. The van der Waals surface area contributed by atoms with Gasteiger partial charge in [0.2, 0.25) is 0 Å². The summed E-state index contributed by atoms with van der Waals surface area (Å²) in [6.07, 6.45) is 0. The highest BCUT2D eigenvalue weighted by molar-refractivity contribution is 6.35. The summed E-state index contributed by atoms with van der Waals surface area (Å²) in [5.41, 5.74) is 6.37. The predicted molar refractivity (Wildman–Crippen MR) is 73.9 cm³/mol. The van der Waals surface area contributed by atoms with Gasteiger partial charge in [-0.25, -0.2) is 8.78 Å². The number of tetrazole rings is 1. The van der Waals surface area contributed by atoms with Crippen LogP contribution in [0.25, 0.3) is 17.1 Å². The van der Waals surface area contributed by atoms with E-state index in [-0.39, 0.29) is 16.5 Å². The molecule has 2 N–H and O–H groups in total. The van der Waals surface area contributed by atoms with Gasteiger partial charge in [0, 0.05) is 11.6 Å². The summed E-state index contributed by atoms with van der Waals surface area (Å²) < 4.78 is 28.3. The van der Waals surface area contributed by atoms with E-state index >= 15 is 0 Å². The number of halogens is 3. The van der Waals surface area contributed by atoms with Crippen molar-refractivity contribution in [1.82, 2.24) is 20.2 Å². The second-order valence-electron chi connectivity index (χ2n) is 4.22. The fraction of sp³-hybridized carbons (Fsp3) is 0. The zero-order valence-electron chi connectivity index (χ0n) is 10.5. The molecule has 0 aliphatic rings. The van der Waals surface area contributed by atoms with Gasteiger partial charge in [0.25, 0.3) is 0 Å². The summed E-state index contributed by atoms with van der Waals surface area (Å²) in [6.45, 7) is 0. The minimum atomic E-state index is -0.662. The van der Waals surface area contributed by atoms with Crippen LogP contribution in [0.4, 0.5) is 14.5 Å². The van der Waals surface area contributed by atoms with Crippen molar-refractivity contribution in [1.29, 1.82) is 0 Å². The van der Waals surface area contributed by atoms with Crippen molar-refractivity contribution in [3.05, 3.63) is 53.1 Å². The topological polar surface area (TPSA) is 69.6 Å². The molecule has 2 aromatic carbocycles. The lowest BCUT2D eigenvalue weighted by Gasteiger charge is -2.08. The molecule has 0 aliphatic carbocycles. The lowest BCUT2D eigenvalue weighted by Crippen LogP contribution is -2.04. The van der Waals surface area contributed by atoms with Crippen LogP contribution in [0.3, 0.4) is 0 Å². The number of nitrogens with two attached hydrogens (primary N) is 1. The van der Waals surface area contributed by atoms with Gasteiger partial charge >= 0.3 is 0 Å². The van der Waals surface area contributed by atoms with Crippen LogP contribution in [0.5, 0.6) is 0 Å². The Morgan fingerprint density at radius 3 is 2.76 bits per heavy atom. The Balaban J connectivity index is 2.22. The van der Waals surface area contributed by atoms with E-state index in [1.54, 1.807) is 18.2 Å². The first kappa shape index (κ1) is 13.4. The second-order valence-corrected chi connectivity index (χ2v) is 4.60. The van der Waals surface area contributed by atoms with E-state index in [4.69, 9.17) is 17.3 Å². The summed E-state index contributed by atoms with van der Waals surface area (Å²) >= 11 is 6.11. The molecule has 0 saturated heterocycles. The Bertz CT molecular complexity index is 802. The van der Waals surface area contributed by atoms with E-state index in [9.17, 15) is 8.78 Å². The first-order chi connectivity index (χ1) is 10.1. The lowest BCUT2D eigenvalue weighted by atomic mass is 10.2. The Morgan fingerprint density at radius 1 is 1.14 bits per heavy atom. The first-order valence-electron chi connectivity index (χ1n) is 5.86. The van der Waals surface area contributed by atoms with E-state index in [0.717, 1.165) is 22.9 Å². The third-order valence-corrected chi connectivity index (χ3v) is 3.30. The van der Waals surface area contributed by atoms with Crippen molar-refractivity contribution in [2.75, 3.05) is 5.73 Å². The molecule has 3 aromatic rings. The standard InChI is InChI=1S/C13H8ClF2N5/c14-12-8(2-1-3-10(12)17)13-18-19-20-21(13)11-6-7(15)4-5-9(11)16/h1-6H,17H2. The minimum absolute atomic E-state index is 0.117. The lowest BCUT2D eigenvalue weighted by molar-refractivity contribution is 0.584. The molecular formula is C13H8ClF2N5. The molecule has 0 saturated carbocycles. The quantitative estimate of drug-likeness (QED) is 0.739. The number of nitrogen functional groups attached to an aromatic ring is 1. The van der Waals surface area contributed by atoms with Crippen molar-refractivity contribution in [2.24, 2.45) is 0 Å². The molecule has 21 heavy (non-hydrogen) atoms.